The largest absolute Gasteiger partial charge is 0.462 e. The van der Waals surface area contributed by atoms with Crippen molar-refractivity contribution >= 4 is 11.8 Å². The first-order chi connectivity index (χ1) is 14.9. The minimum atomic E-state index is 0.0196. The van der Waals surface area contributed by atoms with Gasteiger partial charge in [-0.05, 0) is 100 Å². The molecule has 0 spiro atoms. The molecule has 172 valence electrons. The number of esters is 1. The summed E-state index contributed by atoms with van der Waals surface area (Å²) in [4.78, 5) is 27.2. The van der Waals surface area contributed by atoms with Gasteiger partial charge < -0.3 is 9.64 Å². The molecule has 4 aliphatic carbocycles. The molecular formula is C27H41NO3. The molecule has 4 fully saturated rings. The second-order valence-electron chi connectivity index (χ2n) is 11.7. The number of hydrogen-bond acceptors (Lipinski definition) is 4. The average Bonchev–Trinajstić information content (AvgIpc) is 3.10. The molecule has 1 saturated heterocycles. The summed E-state index contributed by atoms with van der Waals surface area (Å²) in [6.07, 6.45) is 15.2. The van der Waals surface area contributed by atoms with Gasteiger partial charge in [0, 0.05) is 18.4 Å². The maximum atomic E-state index is 12.7. The predicted octanol–water partition coefficient (Wildman–Crippen LogP) is 5.31. The molecular weight excluding hydrogens is 386 g/mol. The van der Waals surface area contributed by atoms with Crippen LogP contribution >= 0.6 is 0 Å². The molecule has 5 aliphatic rings. The van der Waals surface area contributed by atoms with Crippen LogP contribution in [0.1, 0.15) is 90.9 Å². The van der Waals surface area contributed by atoms with E-state index in [1.54, 1.807) is 0 Å². The summed E-state index contributed by atoms with van der Waals surface area (Å²) in [6, 6.07) is 0. The van der Waals surface area contributed by atoms with E-state index in [1.165, 1.54) is 50.5 Å². The highest BCUT2D eigenvalue weighted by molar-refractivity contribution is 5.91. The van der Waals surface area contributed by atoms with Crippen molar-refractivity contribution in [2.45, 2.75) is 97.0 Å². The van der Waals surface area contributed by atoms with Crippen molar-refractivity contribution in [3.63, 3.8) is 0 Å². The highest BCUT2D eigenvalue weighted by atomic mass is 16.5. The van der Waals surface area contributed by atoms with E-state index >= 15 is 0 Å². The first-order valence-electron chi connectivity index (χ1n) is 13.1. The second-order valence-corrected chi connectivity index (χ2v) is 11.7. The zero-order valence-corrected chi connectivity index (χ0v) is 19.7. The summed E-state index contributed by atoms with van der Waals surface area (Å²) >= 11 is 0. The van der Waals surface area contributed by atoms with Crippen molar-refractivity contribution in [1.29, 1.82) is 0 Å². The minimum Gasteiger partial charge on any atom is -0.462 e. The average molecular weight is 428 g/mol. The van der Waals surface area contributed by atoms with Gasteiger partial charge in [0.1, 0.15) is 6.10 Å². The van der Waals surface area contributed by atoms with Crippen LogP contribution < -0.4 is 0 Å². The Morgan fingerprint density at radius 1 is 1.03 bits per heavy atom. The molecule has 0 radical (unpaired) electrons. The number of ketones is 1. The third kappa shape index (κ3) is 3.81. The van der Waals surface area contributed by atoms with Gasteiger partial charge in [-0.2, -0.15) is 0 Å². The molecule has 1 heterocycles. The van der Waals surface area contributed by atoms with E-state index in [0.717, 1.165) is 51.2 Å². The summed E-state index contributed by atoms with van der Waals surface area (Å²) in [6.45, 7) is 8.00. The molecule has 4 unspecified atom stereocenters. The van der Waals surface area contributed by atoms with Crippen LogP contribution in [0.4, 0.5) is 0 Å². The Morgan fingerprint density at radius 2 is 1.84 bits per heavy atom. The lowest BCUT2D eigenvalue weighted by atomic mass is 9.47. The number of allylic oxidation sites excluding steroid dienone is 1. The van der Waals surface area contributed by atoms with Gasteiger partial charge >= 0.3 is 5.97 Å². The van der Waals surface area contributed by atoms with Gasteiger partial charge in [-0.15, -0.1) is 0 Å². The van der Waals surface area contributed by atoms with Gasteiger partial charge in [0.2, 0.25) is 0 Å². The van der Waals surface area contributed by atoms with Gasteiger partial charge in [0.05, 0.1) is 6.42 Å². The summed E-state index contributed by atoms with van der Waals surface area (Å²) in [7, 11) is 0. The van der Waals surface area contributed by atoms with E-state index in [0.29, 0.717) is 24.0 Å². The van der Waals surface area contributed by atoms with Gasteiger partial charge in [-0.1, -0.05) is 25.8 Å². The molecule has 6 atom stereocenters. The highest BCUT2D eigenvalue weighted by Gasteiger charge is 2.59. The Kier molecular flexibility index (Phi) is 5.82. The smallest absolute Gasteiger partial charge is 0.307 e. The Balaban J connectivity index is 1.23. The number of rotatable bonds is 4. The molecule has 0 N–H and O–H groups in total. The Hall–Kier alpha value is -1.16. The lowest BCUT2D eigenvalue weighted by Gasteiger charge is -2.57. The normalized spacial score (nSPS) is 42.9. The highest BCUT2D eigenvalue weighted by Crippen LogP contribution is 2.65. The summed E-state index contributed by atoms with van der Waals surface area (Å²) in [5, 5.41) is 0. The third-order valence-electron chi connectivity index (χ3n) is 10.2. The Labute approximate surface area is 188 Å². The van der Waals surface area contributed by atoms with Gasteiger partial charge in [-0.3, -0.25) is 9.59 Å². The molecule has 0 aromatic rings. The Bertz CT molecular complexity index is 754. The summed E-state index contributed by atoms with van der Waals surface area (Å²) < 4.78 is 6.18. The number of hydrogen-bond donors (Lipinski definition) is 0. The molecule has 0 aromatic carbocycles. The van der Waals surface area contributed by atoms with E-state index in [1.807, 2.05) is 6.08 Å². The monoisotopic (exact) mass is 427 g/mol. The number of nitrogens with zero attached hydrogens (tertiary/aromatic N) is 1. The van der Waals surface area contributed by atoms with E-state index in [2.05, 4.69) is 18.7 Å². The SMILES string of the molecule is C[C@]12CCC3C(CCC4=CC(=O)CC[C@@]43C)C1CCC2OC(=O)CCN1CCCCC1. The molecule has 5 rings (SSSR count). The molecule has 3 saturated carbocycles. The quantitative estimate of drug-likeness (QED) is 0.571. The van der Waals surface area contributed by atoms with Crippen LogP contribution in [0.2, 0.25) is 0 Å². The number of carbonyl (C=O) groups is 2. The van der Waals surface area contributed by atoms with Crippen molar-refractivity contribution in [3.05, 3.63) is 11.6 Å². The minimum absolute atomic E-state index is 0.0196. The zero-order valence-electron chi connectivity index (χ0n) is 19.7. The molecule has 4 nitrogen and oxygen atoms in total. The molecule has 1 aliphatic heterocycles. The maximum absolute atomic E-state index is 12.7. The van der Waals surface area contributed by atoms with Crippen LogP contribution in [0.3, 0.4) is 0 Å². The fraction of sp³-hybridized carbons (Fsp3) is 0.852. The van der Waals surface area contributed by atoms with Crippen LogP contribution in [-0.2, 0) is 14.3 Å². The number of carbonyl (C=O) groups excluding carboxylic acids is 2. The van der Waals surface area contributed by atoms with Gasteiger partial charge in [-0.25, -0.2) is 0 Å². The fourth-order valence-electron chi connectivity index (χ4n) is 8.35. The van der Waals surface area contributed by atoms with Crippen LogP contribution in [-0.4, -0.2) is 42.4 Å². The molecule has 4 heteroatoms. The van der Waals surface area contributed by atoms with Crippen molar-refractivity contribution < 1.29 is 14.3 Å². The molecule has 0 bridgehead atoms. The topological polar surface area (TPSA) is 46.6 Å². The van der Waals surface area contributed by atoms with E-state index in [9.17, 15) is 9.59 Å². The fourth-order valence-corrected chi connectivity index (χ4v) is 8.35. The molecule has 31 heavy (non-hydrogen) atoms. The Morgan fingerprint density at radius 3 is 2.65 bits per heavy atom. The lowest BCUT2D eigenvalue weighted by molar-refractivity contribution is -0.160. The molecule has 0 aromatic heterocycles. The molecule has 0 amide bonds. The van der Waals surface area contributed by atoms with E-state index < -0.39 is 0 Å². The van der Waals surface area contributed by atoms with Crippen LogP contribution in [0.5, 0.6) is 0 Å². The third-order valence-corrected chi connectivity index (χ3v) is 10.2. The number of piperidine rings is 1. The lowest BCUT2D eigenvalue weighted by Crippen LogP contribution is -2.51. The van der Waals surface area contributed by atoms with Crippen LogP contribution in [0.25, 0.3) is 0 Å². The van der Waals surface area contributed by atoms with Crippen molar-refractivity contribution in [2.75, 3.05) is 19.6 Å². The first kappa shape index (κ1) is 21.7. The first-order valence-corrected chi connectivity index (χ1v) is 13.1. The zero-order chi connectivity index (χ0) is 21.6. The summed E-state index contributed by atoms with van der Waals surface area (Å²) in [5.41, 5.74) is 1.80. The number of likely N-dealkylation sites (tertiary alicyclic amines) is 1. The summed E-state index contributed by atoms with van der Waals surface area (Å²) in [5.74, 6) is 2.45. The van der Waals surface area contributed by atoms with E-state index in [-0.39, 0.29) is 22.9 Å². The second kappa shape index (κ2) is 8.32. The number of fused-ring (bicyclic) bond motifs is 5. The maximum Gasteiger partial charge on any atom is 0.307 e. The van der Waals surface area contributed by atoms with Crippen LogP contribution in [0, 0.1) is 28.6 Å². The predicted molar refractivity (Wildman–Crippen MR) is 121 cm³/mol. The van der Waals surface area contributed by atoms with Gasteiger partial charge in [0.25, 0.3) is 0 Å². The van der Waals surface area contributed by atoms with Crippen molar-refractivity contribution in [3.8, 4) is 0 Å². The van der Waals surface area contributed by atoms with E-state index in [4.69, 9.17) is 4.74 Å². The number of ether oxygens (including phenoxy) is 1. The van der Waals surface area contributed by atoms with Crippen LogP contribution in [0.15, 0.2) is 11.6 Å². The standard InChI is InChI=1S/C27H41NO3/c1-26-13-10-20(29)18-19(26)6-7-21-22-8-9-24(27(22,2)14-11-23(21)26)31-25(30)12-17-28-15-4-3-5-16-28/h18,21-24H,3-17H2,1-2H3/t21?,22?,23?,24?,26-,27-/m0/s1. The van der Waals surface area contributed by atoms with Gasteiger partial charge in [0.15, 0.2) is 5.78 Å². The van der Waals surface area contributed by atoms with Crippen molar-refractivity contribution in [2.24, 2.45) is 28.6 Å². The van der Waals surface area contributed by atoms with Crippen molar-refractivity contribution in [1.82, 2.24) is 4.90 Å².